The fourth-order valence-electron chi connectivity index (χ4n) is 3.73. The smallest absolute Gasteiger partial charge is 0.222 e. The number of hydrogen-bond donors (Lipinski definition) is 0. The van der Waals surface area contributed by atoms with E-state index >= 15 is 0 Å². The minimum absolute atomic E-state index is 0.471. The molecule has 0 saturated carbocycles. The largest absolute Gasteiger partial charge is 0.255 e. The zero-order chi connectivity index (χ0) is 16.1. The van der Waals surface area contributed by atoms with Crippen molar-refractivity contribution in [2.24, 2.45) is 7.05 Å². The molecule has 4 aromatic rings. The van der Waals surface area contributed by atoms with Gasteiger partial charge in [-0.3, -0.25) is 4.98 Å². The first-order chi connectivity index (χ1) is 11.1. The number of hydrogen-bond acceptors (Lipinski definition) is 1. The molecule has 0 aliphatic heterocycles. The monoisotopic (exact) mass is 301 g/mol. The van der Waals surface area contributed by atoms with Gasteiger partial charge in [-0.1, -0.05) is 32.0 Å². The van der Waals surface area contributed by atoms with E-state index in [0.29, 0.717) is 5.92 Å². The van der Waals surface area contributed by atoms with Crippen LogP contribution < -0.4 is 4.57 Å². The van der Waals surface area contributed by atoms with Gasteiger partial charge in [0, 0.05) is 17.6 Å². The second-order valence-corrected chi connectivity index (χ2v) is 6.66. The summed E-state index contributed by atoms with van der Waals surface area (Å²) in [7, 11) is 2.12. The molecule has 0 N–H and O–H groups in total. The molecule has 2 aromatic carbocycles. The van der Waals surface area contributed by atoms with Gasteiger partial charge >= 0.3 is 0 Å². The zero-order valence-corrected chi connectivity index (χ0v) is 14.1. The van der Waals surface area contributed by atoms with Crippen LogP contribution in [0.5, 0.6) is 0 Å². The summed E-state index contributed by atoms with van der Waals surface area (Å²) in [5.74, 6) is 0.471. The second-order valence-electron chi connectivity index (χ2n) is 6.66. The Morgan fingerprint density at radius 2 is 1.74 bits per heavy atom. The van der Waals surface area contributed by atoms with E-state index in [9.17, 15) is 0 Å². The molecular weight excluding hydrogens is 280 g/mol. The third-order valence-electron chi connectivity index (χ3n) is 4.82. The van der Waals surface area contributed by atoms with Crippen LogP contribution in [0.1, 0.15) is 30.9 Å². The van der Waals surface area contributed by atoms with Crippen LogP contribution in [0.25, 0.3) is 32.6 Å². The first-order valence-corrected chi connectivity index (χ1v) is 8.18. The Balaban J connectivity index is 2.45. The quantitative estimate of drug-likeness (QED) is 0.364. The van der Waals surface area contributed by atoms with Gasteiger partial charge in [-0.15, -0.1) is 0 Å². The van der Waals surface area contributed by atoms with Gasteiger partial charge in [0.15, 0.2) is 6.20 Å². The highest BCUT2D eigenvalue weighted by atomic mass is 14.9. The molecule has 4 rings (SSSR count). The van der Waals surface area contributed by atoms with Crippen molar-refractivity contribution in [1.82, 2.24) is 4.98 Å². The Morgan fingerprint density at radius 1 is 0.957 bits per heavy atom. The van der Waals surface area contributed by atoms with Crippen molar-refractivity contribution in [2.45, 2.75) is 26.7 Å². The molecule has 2 heterocycles. The van der Waals surface area contributed by atoms with Gasteiger partial charge in [0.25, 0.3) is 0 Å². The number of nitrogens with zero attached hydrogens (tertiary/aromatic N) is 2. The van der Waals surface area contributed by atoms with Crippen LogP contribution in [0.4, 0.5) is 0 Å². The van der Waals surface area contributed by atoms with Crippen LogP contribution in [0.3, 0.4) is 0 Å². The van der Waals surface area contributed by atoms with E-state index in [1.165, 1.54) is 38.2 Å². The minimum atomic E-state index is 0.471. The van der Waals surface area contributed by atoms with Gasteiger partial charge < -0.3 is 0 Å². The molecule has 0 amide bonds. The first kappa shape index (κ1) is 14.1. The molecule has 0 saturated heterocycles. The lowest BCUT2D eigenvalue weighted by Crippen LogP contribution is -2.28. The summed E-state index contributed by atoms with van der Waals surface area (Å²) in [6.45, 7) is 6.69. The van der Waals surface area contributed by atoms with E-state index < -0.39 is 0 Å². The van der Waals surface area contributed by atoms with Crippen molar-refractivity contribution >= 4 is 32.6 Å². The molecule has 0 radical (unpaired) electrons. The maximum atomic E-state index is 4.79. The van der Waals surface area contributed by atoms with Gasteiger partial charge in [0.1, 0.15) is 7.05 Å². The SMILES string of the molecule is Cc1ccnc2c3c(C(C)C)cccc3c3ccc[n+](C)c3c12. The Hall–Kier alpha value is -2.48. The van der Waals surface area contributed by atoms with Gasteiger partial charge in [0.2, 0.25) is 5.52 Å². The van der Waals surface area contributed by atoms with Crippen LogP contribution in [-0.4, -0.2) is 4.98 Å². The summed E-state index contributed by atoms with van der Waals surface area (Å²) in [6.07, 6.45) is 4.05. The van der Waals surface area contributed by atoms with Crippen molar-refractivity contribution in [2.75, 3.05) is 0 Å². The summed E-state index contributed by atoms with van der Waals surface area (Å²) in [5.41, 5.74) is 5.04. The lowest BCUT2D eigenvalue weighted by molar-refractivity contribution is -0.644. The molecule has 23 heavy (non-hydrogen) atoms. The van der Waals surface area contributed by atoms with Gasteiger partial charge in [-0.05, 0) is 41.5 Å². The molecule has 0 aliphatic rings. The summed E-state index contributed by atoms with van der Waals surface area (Å²) in [5, 5.41) is 5.18. The molecule has 0 fully saturated rings. The highest BCUT2D eigenvalue weighted by molar-refractivity contribution is 6.23. The fourth-order valence-corrected chi connectivity index (χ4v) is 3.73. The van der Waals surface area contributed by atoms with Crippen LogP contribution >= 0.6 is 0 Å². The van der Waals surface area contributed by atoms with E-state index in [4.69, 9.17) is 4.98 Å². The maximum absolute atomic E-state index is 4.79. The highest BCUT2D eigenvalue weighted by Crippen LogP contribution is 2.37. The van der Waals surface area contributed by atoms with Crippen molar-refractivity contribution in [3.63, 3.8) is 0 Å². The minimum Gasteiger partial charge on any atom is -0.255 e. The Labute approximate surface area is 136 Å². The third-order valence-corrected chi connectivity index (χ3v) is 4.82. The standard InChI is InChI=1S/C21H21N2/c1-13(2)15-7-5-8-16-17-9-6-12-23(4)21(17)18-14(3)10-11-22-20(18)19(15)16/h5-13H,1-4H3/q+1. The lowest BCUT2D eigenvalue weighted by atomic mass is 9.90. The van der Waals surface area contributed by atoms with E-state index in [1.807, 2.05) is 6.20 Å². The van der Waals surface area contributed by atoms with Gasteiger partial charge in [-0.25, -0.2) is 4.57 Å². The van der Waals surface area contributed by atoms with Crippen molar-refractivity contribution in [1.29, 1.82) is 0 Å². The van der Waals surface area contributed by atoms with E-state index in [-0.39, 0.29) is 0 Å². The van der Waals surface area contributed by atoms with E-state index in [1.54, 1.807) is 0 Å². The predicted octanol–water partition coefficient (Wildman–Crippen LogP) is 4.80. The molecular formula is C21H21N2+. The van der Waals surface area contributed by atoms with Crippen LogP contribution in [0.15, 0.2) is 48.8 Å². The summed E-state index contributed by atoms with van der Waals surface area (Å²) >= 11 is 0. The summed E-state index contributed by atoms with van der Waals surface area (Å²) < 4.78 is 2.22. The molecule has 0 aliphatic carbocycles. The summed E-state index contributed by atoms with van der Waals surface area (Å²) in [6, 6.07) is 13.1. The average molecular weight is 301 g/mol. The zero-order valence-electron chi connectivity index (χ0n) is 14.1. The molecule has 2 nitrogen and oxygen atoms in total. The maximum Gasteiger partial charge on any atom is 0.222 e. The molecule has 0 spiro atoms. The van der Waals surface area contributed by atoms with Crippen LogP contribution in [-0.2, 0) is 7.05 Å². The van der Waals surface area contributed by atoms with Crippen molar-refractivity contribution in [3.8, 4) is 0 Å². The Kier molecular flexibility index (Phi) is 3.08. The molecule has 114 valence electrons. The number of pyridine rings is 2. The van der Waals surface area contributed by atoms with Crippen molar-refractivity contribution < 1.29 is 4.57 Å². The highest BCUT2D eigenvalue weighted by Gasteiger charge is 2.19. The summed E-state index contributed by atoms with van der Waals surface area (Å²) in [4.78, 5) is 4.79. The fraction of sp³-hybridized carbons (Fsp3) is 0.238. The number of fused-ring (bicyclic) bond motifs is 6. The number of aryl methyl sites for hydroxylation is 2. The van der Waals surface area contributed by atoms with E-state index in [0.717, 1.165) is 5.52 Å². The molecule has 2 aromatic heterocycles. The second kappa shape index (κ2) is 5.02. The first-order valence-electron chi connectivity index (χ1n) is 8.18. The number of benzene rings is 2. The average Bonchev–Trinajstić information content (AvgIpc) is 2.54. The van der Waals surface area contributed by atoms with Gasteiger partial charge in [0.05, 0.1) is 16.3 Å². The van der Waals surface area contributed by atoms with Gasteiger partial charge in [-0.2, -0.15) is 0 Å². The molecule has 0 atom stereocenters. The number of rotatable bonds is 1. The molecule has 2 heteroatoms. The topological polar surface area (TPSA) is 16.8 Å². The lowest BCUT2D eigenvalue weighted by Gasteiger charge is -2.14. The van der Waals surface area contributed by atoms with Crippen LogP contribution in [0.2, 0.25) is 0 Å². The predicted molar refractivity (Wildman–Crippen MR) is 96.8 cm³/mol. The van der Waals surface area contributed by atoms with Crippen LogP contribution in [0, 0.1) is 6.92 Å². The third kappa shape index (κ3) is 1.94. The molecule has 0 unspecified atom stereocenters. The number of aromatic nitrogens is 2. The van der Waals surface area contributed by atoms with E-state index in [2.05, 4.69) is 75.0 Å². The Morgan fingerprint density at radius 3 is 2.52 bits per heavy atom. The Bertz CT molecular complexity index is 1060. The van der Waals surface area contributed by atoms with Crippen molar-refractivity contribution in [3.05, 3.63) is 59.9 Å². The molecule has 0 bridgehead atoms. The normalized spacial score (nSPS) is 11.9.